The van der Waals surface area contributed by atoms with Gasteiger partial charge in [0, 0.05) is 19.1 Å². The normalized spacial score (nSPS) is 27.2. The Morgan fingerprint density at radius 1 is 1.28 bits per heavy atom. The van der Waals surface area contributed by atoms with E-state index in [2.05, 4.69) is 21.7 Å². The lowest BCUT2D eigenvalue weighted by Gasteiger charge is -2.34. The summed E-state index contributed by atoms with van der Waals surface area (Å²) in [6.07, 6.45) is 6.35. The van der Waals surface area contributed by atoms with Gasteiger partial charge < -0.3 is 9.30 Å². The number of nitrogens with zero attached hydrogens (tertiary/aromatic N) is 3. The summed E-state index contributed by atoms with van der Waals surface area (Å²) in [7, 11) is 0. The van der Waals surface area contributed by atoms with E-state index in [1.807, 2.05) is 0 Å². The van der Waals surface area contributed by atoms with Crippen molar-refractivity contribution in [3.8, 4) is 0 Å². The number of halogens is 1. The number of hydrogen-bond acceptors (Lipinski definition) is 3. The van der Waals surface area contributed by atoms with Gasteiger partial charge in [0.25, 0.3) is 0 Å². The molecule has 0 amide bonds. The lowest BCUT2D eigenvalue weighted by molar-refractivity contribution is -0.0247. The second kappa shape index (κ2) is 5.17. The van der Waals surface area contributed by atoms with Crippen LogP contribution in [0, 0.1) is 5.92 Å². The van der Waals surface area contributed by atoms with E-state index in [0.717, 1.165) is 24.7 Å². The summed E-state index contributed by atoms with van der Waals surface area (Å²) >= 11 is 5.92. The topological polar surface area (TPSA) is 39.9 Å². The Morgan fingerprint density at radius 3 is 2.61 bits per heavy atom. The molecule has 0 spiro atoms. The number of ether oxygens (including phenoxy) is 1. The summed E-state index contributed by atoms with van der Waals surface area (Å²) in [6.45, 7) is 2.88. The third-order valence-corrected chi connectivity index (χ3v) is 4.17. The Balaban J connectivity index is 1.61. The highest BCUT2D eigenvalue weighted by atomic mass is 35.5. The van der Waals surface area contributed by atoms with E-state index in [-0.39, 0.29) is 0 Å². The highest BCUT2D eigenvalue weighted by Crippen LogP contribution is 2.39. The van der Waals surface area contributed by atoms with E-state index >= 15 is 0 Å². The SMILES string of the molecule is CCOC1CC(Cc2nnc(CCl)n2C2CC2)C1. The van der Waals surface area contributed by atoms with E-state index in [9.17, 15) is 0 Å². The minimum absolute atomic E-state index is 0.468. The smallest absolute Gasteiger partial charge is 0.148 e. The highest BCUT2D eigenvalue weighted by Gasteiger charge is 2.34. The van der Waals surface area contributed by atoms with Crippen LogP contribution in [0.15, 0.2) is 0 Å². The van der Waals surface area contributed by atoms with Crippen molar-refractivity contribution in [1.29, 1.82) is 0 Å². The quantitative estimate of drug-likeness (QED) is 0.746. The Hall–Kier alpha value is -0.610. The van der Waals surface area contributed by atoms with Gasteiger partial charge in [-0.25, -0.2) is 0 Å². The molecule has 4 nitrogen and oxygen atoms in total. The van der Waals surface area contributed by atoms with Crippen LogP contribution >= 0.6 is 11.6 Å². The number of aromatic nitrogens is 3. The van der Waals surface area contributed by atoms with Gasteiger partial charge in [0.15, 0.2) is 0 Å². The summed E-state index contributed by atoms with van der Waals surface area (Å²) in [4.78, 5) is 0. The molecule has 3 rings (SSSR count). The zero-order chi connectivity index (χ0) is 12.5. The molecular weight excluding hydrogens is 250 g/mol. The van der Waals surface area contributed by atoms with E-state index < -0.39 is 0 Å². The first-order chi connectivity index (χ1) is 8.81. The molecule has 100 valence electrons. The second-order valence-corrected chi connectivity index (χ2v) is 5.65. The fourth-order valence-electron chi connectivity index (χ4n) is 2.82. The van der Waals surface area contributed by atoms with E-state index in [1.165, 1.54) is 25.7 Å². The fourth-order valence-corrected chi connectivity index (χ4v) is 3.00. The van der Waals surface area contributed by atoms with E-state index in [1.54, 1.807) is 0 Å². The largest absolute Gasteiger partial charge is 0.378 e. The maximum atomic E-state index is 5.92. The predicted molar refractivity (Wildman–Crippen MR) is 69.7 cm³/mol. The fraction of sp³-hybridized carbons (Fsp3) is 0.846. The molecule has 2 fully saturated rings. The molecule has 0 aromatic carbocycles. The molecule has 1 aromatic heterocycles. The van der Waals surface area contributed by atoms with Crippen LogP contribution in [0.2, 0.25) is 0 Å². The molecule has 0 radical (unpaired) electrons. The molecule has 18 heavy (non-hydrogen) atoms. The second-order valence-electron chi connectivity index (χ2n) is 5.39. The Labute approximate surface area is 113 Å². The average molecular weight is 270 g/mol. The number of rotatable bonds is 6. The highest BCUT2D eigenvalue weighted by molar-refractivity contribution is 6.16. The van der Waals surface area contributed by atoms with Crippen molar-refractivity contribution in [2.45, 2.75) is 57.1 Å². The van der Waals surface area contributed by atoms with Gasteiger partial charge in [0.1, 0.15) is 11.6 Å². The molecular formula is C13H20ClN3O. The predicted octanol–water partition coefficient (Wildman–Crippen LogP) is 2.71. The third kappa shape index (κ3) is 2.41. The molecule has 1 heterocycles. The van der Waals surface area contributed by atoms with Crippen LogP contribution in [0.1, 0.15) is 50.3 Å². The van der Waals surface area contributed by atoms with Gasteiger partial charge in [0.2, 0.25) is 0 Å². The van der Waals surface area contributed by atoms with Crippen molar-refractivity contribution in [3.63, 3.8) is 0 Å². The van der Waals surface area contributed by atoms with Gasteiger partial charge >= 0.3 is 0 Å². The monoisotopic (exact) mass is 269 g/mol. The summed E-state index contributed by atoms with van der Waals surface area (Å²) in [5.74, 6) is 3.25. The van der Waals surface area contributed by atoms with Crippen molar-refractivity contribution < 1.29 is 4.74 Å². The van der Waals surface area contributed by atoms with Crippen molar-refractivity contribution in [2.75, 3.05) is 6.61 Å². The van der Waals surface area contributed by atoms with Crippen molar-refractivity contribution in [1.82, 2.24) is 14.8 Å². The Morgan fingerprint density at radius 2 is 2.00 bits per heavy atom. The molecule has 0 saturated heterocycles. The van der Waals surface area contributed by atoms with E-state index in [4.69, 9.17) is 16.3 Å². The summed E-state index contributed by atoms with van der Waals surface area (Å²) < 4.78 is 7.88. The molecule has 0 aliphatic heterocycles. The molecule has 0 N–H and O–H groups in total. The van der Waals surface area contributed by atoms with Crippen LogP contribution in [0.5, 0.6) is 0 Å². The molecule has 0 bridgehead atoms. The summed E-state index contributed by atoms with van der Waals surface area (Å²) in [6, 6.07) is 0.617. The molecule has 2 aliphatic rings. The molecule has 0 atom stereocenters. The first-order valence-corrected chi connectivity index (χ1v) is 7.45. The van der Waals surface area contributed by atoms with Crippen LogP contribution < -0.4 is 0 Å². The van der Waals surface area contributed by atoms with Gasteiger partial charge in [-0.2, -0.15) is 0 Å². The third-order valence-electron chi connectivity index (χ3n) is 3.93. The zero-order valence-corrected chi connectivity index (χ0v) is 11.6. The maximum absolute atomic E-state index is 5.92. The minimum atomic E-state index is 0.468. The average Bonchev–Trinajstić information content (AvgIpc) is 3.08. The lowest BCUT2D eigenvalue weighted by Crippen LogP contribution is -2.33. The van der Waals surface area contributed by atoms with Crippen LogP contribution in [0.3, 0.4) is 0 Å². The maximum Gasteiger partial charge on any atom is 0.148 e. The molecule has 1 aromatic rings. The van der Waals surface area contributed by atoms with E-state index in [0.29, 0.717) is 23.9 Å². The summed E-state index contributed by atoms with van der Waals surface area (Å²) in [5.41, 5.74) is 0. The first-order valence-electron chi connectivity index (χ1n) is 6.92. The zero-order valence-electron chi connectivity index (χ0n) is 10.8. The number of alkyl halides is 1. The van der Waals surface area contributed by atoms with Crippen molar-refractivity contribution in [2.24, 2.45) is 5.92 Å². The Kier molecular flexibility index (Phi) is 3.57. The van der Waals surface area contributed by atoms with Gasteiger partial charge in [-0.05, 0) is 38.5 Å². The van der Waals surface area contributed by atoms with Gasteiger partial charge in [0.05, 0.1) is 12.0 Å². The van der Waals surface area contributed by atoms with Crippen LogP contribution in [-0.4, -0.2) is 27.5 Å². The van der Waals surface area contributed by atoms with Crippen LogP contribution in [0.25, 0.3) is 0 Å². The lowest BCUT2D eigenvalue weighted by atomic mass is 9.80. The molecule has 5 heteroatoms. The standard InChI is InChI=1S/C13H20ClN3O/c1-2-18-11-5-9(6-11)7-12-15-16-13(8-14)17(12)10-3-4-10/h9-11H,2-8H2,1H3. The van der Waals surface area contributed by atoms with Crippen LogP contribution in [0.4, 0.5) is 0 Å². The Bertz CT molecular complexity index is 410. The molecule has 0 unspecified atom stereocenters. The molecule has 2 aliphatic carbocycles. The van der Waals surface area contributed by atoms with Gasteiger partial charge in [-0.1, -0.05) is 0 Å². The van der Waals surface area contributed by atoms with Gasteiger partial charge in [-0.15, -0.1) is 21.8 Å². The summed E-state index contributed by atoms with van der Waals surface area (Å²) in [5, 5.41) is 8.54. The van der Waals surface area contributed by atoms with Crippen molar-refractivity contribution in [3.05, 3.63) is 11.6 Å². The van der Waals surface area contributed by atoms with Crippen molar-refractivity contribution >= 4 is 11.6 Å². The van der Waals surface area contributed by atoms with Crippen LogP contribution in [-0.2, 0) is 17.0 Å². The molecule has 2 saturated carbocycles. The minimum Gasteiger partial charge on any atom is -0.378 e. The number of hydrogen-bond donors (Lipinski definition) is 0. The first kappa shape index (κ1) is 12.4. The van der Waals surface area contributed by atoms with Gasteiger partial charge in [-0.3, -0.25) is 0 Å².